The van der Waals surface area contributed by atoms with Crippen LogP contribution in [0.25, 0.3) is 0 Å². The van der Waals surface area contributed by atoms with Gasteiger partial charge in [-0.05, 0) is 6.92 Å². The van der Waals surface area contributed by atoms with Gasteiger partial charge in [-0.3, -0.25) is 4.79 Å². The van der Waals surface area contributed by atoms with Crippen molar-refractivity contribution in [2.45, 2.75) is 6.92 Å². The number of rotatable bonds is 1. The van der Waals surface area contributed by atoms with Crippen LogP contribution in [0.2, 0.25) is 0 Å². The normalized spacial score (nSPS) is 6.29. The first-order valence-corrected chi connectivity index (χ1v) is 2.31. The average molecular weight is 125 g/mol. The number of ketones is 1. The molecule has 0 aromatic carbocycles. The van der Waals surface area contributed by atoms with E-state index in [1.807, 2.05) is 0 Å². The van der Waals surface area contributed by atoms with Crippen LogP contribution in [0.3, 0.4) is 0 Å². The van der Waals surface area contributed by atoms with Crippen molar-refractivity contribution in [3.63, 3.8) is 0 Å². The summed E-state index contributed by atoms with van der Waals surface area (Å²) < 4.78 is 0. The molecule has 0 fully saturated rings. The summed E-state index contributed by atoms with van der Waals surface area (Å²) in [5, 5.41) is 7.00. The second kappa shape index (κ2) is 9.33. The Balaban J connectivity index is 0. The predicted molar refractivity (Wildman–Crippen MR) is 29.5 cm³/mol. The van der Waals surface area contributed by atoms with Crippen LogP contribution < -0.4 is 0 Å². The molecule has 0 bridgehead atoms. The lowest BCUT2D eigenvalue weighted by atomic mass is 10.5. The lowest BCUT2D eigenvalue weighted by Crippen LogP contribution is -1.86. The number of aliphatic hydroxyl groups is 1. The lowest BCUT2D eigenvalue weighted by molar-refractivity contribution is -0.114. The van der Waals surface area contributed by atoms with Gasteiger partial charge in [-0.1, -0.05) is 0 Å². The van der Waals surface area contributed by atoms with Crippen LogP contribution in [0.5, 0.6) is 0 Å². The summed E-state index contributed by atoms with van der Waals surface area (Å²) in [5.74, 6) is 0.159. The predicted octanol–water partition coefficient (Wildman–Crippen LogP) is 0.423. The molecule has 0 atom stereocenters. The number of hydrogen-bond acceptors (Lipinski definition) is 2. The Morgan fingerprint density at radius 3 is 1.86 bits per heavy atom. The molecule has 0 unspecified atom stereocenters. The van der Waals surface area contributed by atoms with Gasteiger partial charge < -0.3 is 5.11 Å². The Bertz CT molecular complexity index is 45.0. The summed E-state index contributed by atoms with van der Waals surface area (Å²) in [7, 11) is 1.00. The molecule has 2 nitrogen and oxygen atoms in total. The van der Waals surface area contributed by atoms with Crippen molar-refractivity contribution in [2.75, 3.05) is 13.0 Å². The van der Waals surface area contributed by atoms with Gasteiger partial charge in [0, 0.05) is 7.11 Å². The van der Waals surface area contributed by atoms with Gasteiger partial charge in [0.15, 0.2) is 0 Å². The van der Waals surface area contributed by atoms with Crippen molar-refractivity contribution >= 4 is 17.4 Å². The highest BCUT2D eigenvalue weighted by atomic mass is 35.5. The number of halogens is 1. The van der Waals surface area contributed by atoms with Crippen LogP contribution in [0.4, 0.5) is 0 Å². The molecule has 0 amide bonds. The maximum Gasteiger partial charge on any atom is 0.144 e. The van der Waals surface area contributed by atoms with Crippen LogP contribution in [0.15, 0.2) is 0 Å². The fourth-order valence-corrected chi connectivity index (χ4v) is 0. The lowest BCUT2D eigenvalue weighted by Gasteiger charge is -1.69. The first-order valence-electron chi connectivity index (χ1n) is 1.77. The Morgan fingerprint density at radius 1 is 1.71 bits per heavy atom. The summed E-state index contributed by atoms with van der Waals surface area (Å²) in [6, 6.07) is 0. The highest BCUT2D eigenvalue weighted by Gasteiger charge is 1.79. The number of hydrogen-bond donors (Lipinski definition) is 1. The third-order valence-corrected chi connectivity index (χ3v) is 0.565. The zero-order valence-corrected chi connectivity index (χ0v) is 5.20. The molecule has 44 valence electrons. The highest BCUT2D eigenvalue weighted by Crippen LogP contribution is 1.71. The zero-order valence-electron chi connectivity index (χ0n) is 4.44. The standard InChI is InChI=1S/C3H5ClO.CH4O/c1-3(5)2-4;1-2/h2H2,1H3;2H,1H3. The summed E-state index contributed by atoms with van der Waals surface area (Å²) in [6.07, 6.45) is 0. The minimum atomic E-state index is 0.0201. The SMILES string of the molecule is CC(=O)CCl.CO. The van der Waals surface area contributed by atoms with E-state index in [-0.39, 0.29) is 11.7 Å². The Hall–Kier alpha value is -0.0800. The molecule has 0 saturated heterocycles. The van der Waals surface area contributed by atoms with Crippen LogP contribution in [-0.4, -0.2) is 23.9 Å². The van der Waals surface area contributed by atoms with Crippen molar-refractivity contribution in [2.24, 2.45) is 0 Å². The Kier molecular flexibility index (Phi) is 13.3. The van der Waals surface area contributed by atoms with Crippen molar-refractivity contribution in [1.29, 1.82) is 0 Å². The molecule has 0 radical (unpaired) electrons. The molecular weight excluding hydrogens is 115 g/mol. The number of alkyl halides is 1. The minimum Gasteiger partial charge on any atom is -0.400 e. The van der Waals surface area contributed by atoms with E-state index in [2.05, 4.69) is 0 Å². The van der Waals surface area contributed by atoms with E-state index in [1.54, 1.807) is 0 Å². The third kappa shape index (κ3) is 24.7. The van der Waals surface area contributed by atoms with Crippen molar-refractivity contribution in [1.82, 2.24) is 0 Å². The topological polar surface area (TPSA) is 37.3 Å². The van der Waals surface area contributed by atoms with Crippen molar-refractivity contribution in [3.05, 3.63) is 0 Å². The molecule has 3 heteroatoms. The van der Waals surface area contributed by atoms with Crippen LogP contribution in [-0.2, 0) is 4.79 Å². The molecule has 0 heterocycles. The van der Waals surface area contributed by atoms with Crippen molar-refractivity contribution in [3.8, 4) is 0 Å². The molecule has 0 aliphatic heterocycles. The maximum absolute atomic E-state index is 9.68. The van der Waals surface area contributed by atoms with Crippen LogP contribution >= 0.6 is 11.6 Å². The summed E-state index contributed by atoms with van der Waals surface area (Å²) in [5.41, 5.74) is 0. The monoisotopic (exact) mass is 124 g/mol. The van der Waals surface area contributed by atoms with Gasteiger partial charge in [-0.2, -0.15) is 0 Å². The molecule has 7 heavy (non-hydrogen) atoms. The van der Waals surface area contributed by atoms with Gasteiger partial charge in [0.25, 0.3) is 0 Å². The largest absolute Gasteiger partial charge is 0.400 e. The van der Waals surface area contributed by atoms with Crippen LogP contribution in [0.1, 0.15) is 6.92 Å². The van der Waals surface area contributed by atoms with E-state index < -0.39 is 0 Å². The number of carbonyl (C=O) groups is 1. The first-order chi connectivity index (χ1) is 3.27. The Labute approximate surface area is 48.1 Å². The van der Waals surface area contributed by atoms with E-state index in [1.165, 1.54) is 6.92 Å². The van der Waals surface area contributed by atoms with E-state index in [0.29, 0.717) is 0 Å². The van der Waals surface area contributed by atoms with Crippen LogP contribution in [0, 0.1) is 0 Å². The molecule has 0 aromatic rings. The van der Waals surface area contributed by atoms with Gasteiger partial charge in [-0.15, -0.1) is 11.6 Å². The molecule has 0 aliphatic rings. The van der Waals surface area contributed by atoms with Gasteiger partial charge in [0.2, 0.25) is 0 Å². The quantitative estimate of drug-likeness (QED) is 0.515. The van der Waals surface area contributed by atoms with E-state index in [4.69, 9.17) is 16.7 Å². The van der Waals surface area contributed by atoms with Gasteiger partial charge >= 0.3 is 0 Å². The molecule has 0 saturated carbocycles. The molecule has 1 N–H and O–H groups in total. The van der Waals surface area contributed by atoms with Gasteiger partial charge in [-0.25, -0.2) is 0 Å². The zero-order chi connectivity index (χ0) is 6.28. The smallest absolute Gasteiger partial charge is 0.144 e. The summed E-state index contributed by atoms with van der Waals surface area (Å²) in [4.78, 5) is 9.68. The molecule has 0 aliphatic carbocycles. The minimum absolute atomic E-state index is 0.0201. The molecule has 0 rings (SSSR count). The summed E-state index contributed by atoms with van der Waals surface area (Å²) >= 11 is 4.99. The number of carbonyl (C=O) groups excluding carboxylic acids is 1. The van der Waals surface area contributed by atoms with Gasteiger partial charge in [0.05, 0.1) is 5.88 Å². The second-order valence-corrected chi connectivity index (χ2v) is 1.10. The average Bonchev–Trinajstić information content (AvgIpc) is 1.73. The summed E-state index contributed by atoms with van der Waals surface area (Å²) in [6.45, 7) is 1.45. The van der Waals surface area contributed by atoms with Crippen molar-refractivity contribution < 1.29 is 9.90 Å². The number of Topliss-reactive ketones (excluding diaryl/α,β-unsaturated/α-hetero) is 1. The Morgan fingerprint density at radius 2 is 1.86 bits per heavy atom. The van der Waals surface area contributed by atoms with E-state index in [9.17, 15) is 4.79 Å². The molecular formula is C4H9ClO2. The van der Waals surface area contributed by atoms with E-state index in [0.717, 1.165) is 7.11 Å². The molecule has 0 spiro atoms. The molecule has 0 aromatic heterocycles. The fraction of sp³-hybridized carbons (Fsp3) is 0.750. The second-order valence-electron chi connectivity index (χ2n) is 0.836. The van der Waals surface area contributed by atoms with Gasteiger partial charge in [0.1, 0.15) is 5.78 Å². The van der Waals surface area contributed by atoms with E-state index >= 15 is 0 Å². The number of aliphatic hydroxyl groups excluding tert-OH is 1. The fourth-order valence-electron chi connectivity index (χ4n) is 0. The first kappa shape index (κ1) is 10.0. The highest BCUT2D eigenvalue weighted by molar-refractivity contribution is 6.27. The maximum atomic E-state index is 9.68. The third-order valence-electron chi connectivity index (χ3n) is 0.188.